The largest absolute Gasteiger partial charge is 0.493 e. The first kappa shape index (κ1) is 43.9. The Morgan fingerprint density at radius 1 is 0.823 bits per heavy atom. The Kier molecular flexibility index (Phi) is 12.1. The van der Waals surface area contributed by atoms with E-state index in [-0.39, 0.29) is 69.7 Å². The smallest absolute Gasteiger partial charge is 0.354 e. The summed E-state index contributed by atoms with van der Waals surface area (Å²) in [4.78, 5) is 54.9. The molecule has 5 N–H and O–H groups in total. The van der Waals surface area contributed by atoms with Crippen LogP contribution in [-0.2, 0) is 24.3 Å². The van der Waals surface area contributed by atoms with Gasteiger partial charge in [0.15, 0.2) is 0 Å². The molecule has 9 atom stereocenters. The number of carbonyl (C=O) groups is 4. The number of imidazole rings is 1. The molecular formula is C50H66N4O8. The normalized spacial score (nSPS) is 32.0. The summed E-state index contributed by atoms with van der Waals surface area (Å²) >= 11 is 0. The van der Waals surface area contributed by atoms with Crippen molar-refractivity contribution in [2.75, 3.05) is 13.2 Å². The summed E-state index contributed by atoms with van der Waals surface area (Å²) in [6, 6.07) is 12.2. The van der Waals surface area contributed by atoms with Gasteiger partial charge >= 0.3 is 11.9 Å². The molecule has 0 saturated heterocycles. The predicted octanol–water partition coefficient (Wildman–Crippen LogP) is 8.16. The van der Waals surface area contributed by atoms with E-state index in [1.165, 1.54) is 48.8 Å². The Morgan fingerprint density at radius 3 is 2.42 bits per heavy atom. The monoisotopic (exact) mass is 850 g/mol. The Hall–Kier alpha value is -4.71. The van der Waals surface area contributed by atoms with Gasteiger partial charge in [-0.3, -0.25) is 9.59 Å². The number of carboxylic acid groups (broad SMARTS) is 2. The molecule has 0 aliphatic heterocycles. The number of amides is 2. The quantitative estimate of drug-likeness (QED) is 0.100. The third kappa shape index (κ3) is 7.83. The second-order valence-electron chi connectivity index (χ2n) is 20.6. The van der Waals surface area contributed by atoms with Crippen molar-refractivity contribution >= 4 is 23.8 Å². The van der Waals surface area contributed by atoms with Crippen molar-refractivity contribution in [1.82, 2.24) is 20.2 Å². The van der Waals surface area contributed by atoms with Gasteiger partial charge in [-0.25, -0.2) is 14.6 Å². The van der Waals surface area contributed by atoms with Gasteiger partial charge in [-0.1, -0.05) is 52.3 Å². The third-order valence-electron chi connectivity index (χ3n) is 17.3. The van der Waals surface area contributed by atoms with Gasteiger partial charge in [0.1, 0.15) is 17.0 Å². The lowest BCUT2D eigenvalue weighted by molar-refractivity contribution is -0.214. The summed E-state index contributed by atoms with van der Waals surface area (Å²) < 4.78 is 7.25. The van der Waals surface area contributed by atoms with E-state index < -0.39 is 11.9 Å². The number of ether oxygens (including phenoxy) is 1. The Balaban J connectivity index is 0.834. The number of aromatic carboxylic acids is 2. The van der Waals surface area contributed by atoms with Crippen LogP contribution >= 0.6 is 0 Å². The predicted molar refractivity (Wildman–Crippen MR) is 234 cm³/mol. The summed E-state index contributed by atoms with van der Waals surface area (Å²) in [7, 11) is 0. The highest BCUT2D eigenvalue weighted by atomic mass is 16.5. The van der Waals surface area contributed by atoms with Gasteiger partial charge < -0.3 is 35.3 Å². The van der Waals surface area contributed by atoms with Crippen molar-refractivity contribution in [3.05, 3.63) is 82.9 Å². The first-order chi connectivity index (χ1) is 29.6. The topological polar surface area (TPSA) is 180 Å². The lowest BCUT2D eigenvalue weighted by Crippen LogP contribution is -2.63. The first-order valence-electron chi connectivity index (χ1n) is 23.1. The molecular weight excluding hydrogens is 785 g/mol. The molecule has 0 bridgehead atoms. The first-order valence-corrected chi connectivity index (χ1v) is 23.1. The van der Waals surface area contributed by atoms with E-state index in [0.29, 0.717) is 66.6 Å². The molecule has 5 aliphatic rings. The molecule has 1 aromatic heterocycles. The molecule has 8 rings (SSSR count). The van der Waals surface area contributed by atoms with Crippen LogP contribution in [0.3, 0.4) is 0 Å². The van der Waals surface area contributed by atoms with Crippen LogP contribution < -0.4 is 15.4 Å². The van der Waals surface area contributed by atoms with Crippen LogP contribution in [0.1, 0.15) is 147 Å². The number of aliphatic hydroxyl groups is 1. The number of aryl methyl sites for hydroxylation is 1. The van der Waals surface area contributed by atoms with E-state index in [9.17, 15) is 34.5 Å². The summed E-state index contributed by atoms with van der Waals surface area (Å²) in [6.07, 6.45) is 15.8. The Labute approximate surface area is 365 Å². The molecule has 12 heteroatoms. The van der Waals surface area contributed by atoms with Gasteiger partial charge in [0.2, 0.25) is 5.91 Å². The van der Waals surface area contributed by atoms with Crippen molar-refractivity contribution in [2.45, 2.75) is 130 Å². The van der Waals surface area contributed by atoms with Crippen molar-refractivity contribution < 1.29 is 39.2 Å². The minimum absolute atomic E-state index is 0.0322. The Bertz CT molecular complexity index is 2180. The van der Waals surface area contributed by atoms with Gasteiger partial charge in [-0.05, 0) is 158 Å². The minimum atomic E-state index is -1.16. The zero-order valence-electron chi connectivity index (χ0n) is 37.0. The highest BCUT2D eigenvalue weighted by Crippen LogP contribution is 2.73. The summed E-state index contributed by atoms with van der Waals surface area (Å²) in [5.74, 6) is 0.808. The number of nitrogens with one attached hydrogen (secondary N) is 2. The fourth-order valence-corrected chi connectivity index (χ4v) is 14.3. The molecule has 5 saturated carbocycles. The molecule has 0 radical (unpaired) electrons. The average Bonchev–Trinajstić information content (AvgIpc) is 3.92. The van der Waals surface area contributed by atoms with Gasteiger partial charge in [0.25, 0.3) is 5.91 Å². The van der Waals surface area contributed by atoms with Crippen LogP contribution in [0.2, 0.25) is 0 Å². The van der Waals surface area contributed by atoms with Gasteiger partial charge in [0.05, 0.1) is 30.7 Å². The van der Waals surface area contributed by atoms with E-state index in [4.69, 9.17) is 4.74 Å². The molecule has 2 aromatic carbocycles. The number of nitrogens with zero attached hydrogens (tertiary/aromatic N) is 2. The van der Waals surface area contributed by atoms with E-state index in [1.54, 1.807) is 18.2 Å². The van der Waals surface area contributed by atoms with Crippen LogP contribution in [0.5, 0.6) is 5.75 Å². The molecule has 5 aliphatic carbocycles. The third-order valence-corrected chi connectivity index (χ3v) is 17.3. The van der Waals surface area contributed by atoms with Gasteiger partial charge in [-0.15, -0.1) is 0 Å². The molecule has 2 amide bonds. The standard InChI is InChI=1S/C50H66N4O8/c1-47(2)40-16-20-48(3)36-15-22-50(19-6-10-37(50)34(36)12-14-41(48)49(40,4)21-17-42(47)55)46(61)52-23-18-31-8-5-9-33(26-31)43(56)53-28-32-11-13-39(35(27-32)44(57)58)62-25-7-24-54-30-51-29-38(54)45(59)60/h5,8-9,11,13,26-27,29-30,34,36-37,40-42,55H,6-7,10,12,14-25,28H2,1-4H3,(H,52,61)(H,53,56)(H,57,58)(H,59,60). The zero-order chi connectivity index (χ0) is 44.0. The second kappa shape index (κ2) is 17.1. The zero-order valence-corrected chi connectivity index (χ0v) is 37.0. The van der Waals surface area contributed by atoms with E-state index in [2.05, 4.69) is 43.3 Å². The maximum atomic E-state index is 14.3. The second-order valence-corrected chi connectivity index (χ2v) is 20.6. The number of hydrogen-bond acceptors (Lipinski definition) is 7. The van der Waals surface area contributed by atoms with Crippen LogP contribution in [0.15, 0.2) is 55.0 Å². The lowest BCUT2D eigenvalue weighted by Gasteiger charge is -2.69. The maximum Gasteiger partial charge on any atom is 0.354 e. The summed E-state index contributed by atoms with van der Waals surface area (Å²) in [5, 5.41) is 36.5. The number of fused-ring (bicyclic) bond motifs is 7. The van der Waals surface area contributed by atoms with Crippen molar-refractivity contribution in [3.8, 4) is 5.75 Å². The van der Waals surface area contributed by atoms with Crippen LogP contribution in [-0.4, -0.2) is 67.9 Å². The highest BCUT2D eigenvalue weighted by molar-refractivity contribution is 5.94. The fourth-order valence-electron chi connectivity index (χ4n) is 14.3. The number of aliphatic hydroxyl groups excluding tert-OH is 1. The Morgan fingerprint density at radius 2 is 1.63 bits per heavy atom. The lowest BCUT2D eigenvalue weighted by atomic mass is 9.36. The SMILES string of the molecule is CC1(C)C(O)CCC2(C)C1CCC1(C)C3CCC4(C(=O)NCCc5cccc(C(=O)NCc6ccc(OCCCn7cncc7C(=O)O)c(C(=O)O)c6)c5)CCCC4C3CCC12. The number of carboxylic acids is 2. The summed E-state index contributed by atoms with van der Waals surface area (Å²) in [6.45, 7) is 10.9. The minimum Gasteiger partial charge on any atom is -0.493 e. The summed E-state index contributed by atoms with van der Waals surface area (Å²) in [5.41, 5.74) is 2.30. The highest BCUT2D eigenvalue weighted by Gasteiger charge is 2.67. The number of hydrogen-bond donors (Lipinski definition) is 5. The van der Waals surface area contributed by atoms with E-state index >= 15 is 0 Å². The molecule has 1 heterocycles. The van der Waals surface area contributed by atoms with Crippen molar-refractivity contribution in [1.29, 1.82) is 0 Å². The van der Waals surface area contributed by atoms with Gasteiger partial charge in [0, 0.05) is 25.2 Å². The average molecular weight is 851 g/mol. The fraction of sp³-hybridized carbons (Fsp3) is 0.620. The van der Waals surface area contributed by atoms with Crippen molar-refractivity contribution in [3.63, 3.8) is 0 Å². The number of aromatic nitrogens is 2. The molecule has 0 spiro atoms. The number of rotatable bonds is 14. The van der Waals surface area contributed by atoms with Crippen molar-refractivity contribution in [2.24, 2.45) is 51.2 Å². The molecule has 3 aromatic rings. The molecule has 5 fully saturated rings. The molecule has 334 valence electrons. The van der Waals surface area contributed by atoms with E-state index in [1.807, 2.05) is 18.2 Å². The number of benzene rings is 2. The van der Waals surface area contributed by atoms with Crippen LogP contribution in [0.25, 0.3) is 0 Å². The maximum absolute atomic E-state index is 14.3. The molecule has 62 heavy (non-hydrogen) atoms. The number of carbonyl (C=O) groups excluding carboxylic acids is 2. The molecule has 12 nitrogen and oxygen atoms in total. The van der Waals surface area contributed by atoms with Crippen LogP contribution in [0.4, 0.5) is 0 Å². The molecule has 9 unspecified atom stereocenters. The van der Waals surface area contributed by atoms with E-state index in [0.717, 1.165) is 50.5 Å². The van der Waals surface area contributed by atoms with Gasteiger partial charge in [-0.2, -0.15) is 0 Å². The van der Waals surface area contributed by atoms with Crippen LogP contribution in [0, 0.1) is 51.2 Å².